The molecule has 0 bridgehead atoms. The average Bonchev–Trinajstić information content (AvgIpc) is 3.04. The van der Waals surface area contributed by atoms with Crippen LogP contribution in [0.4, 0.5) is 10.2 Å². The van der Waals surface area contributed by atoms with E-state index >= 15 is 0 Å². The highest BCUT2D eigenvalue weighted by molar-refractivity contribution is 14.0. The Morgan fingerprint density at radius 2 is 1.97 bits per heavy atom. The number of nitrogens with zero attached hydrogens (tertiary/aromatic N) is 4. The molecule has 0 saturated carbocycles. The number of anilines is 1. The predicted octanol–water partition coefficient (Wildman–Crippen LogP) is 4.01. The Labute approximate surface area is 201 Å². The normalized spacial score (nSPS) is 11.2. The van der Waals surface area contributed by atoms with Gasteiger partial charge in [0.25, 0.3) is 0 Å². The van der Waals surface area contributed by atoms with Gasteiger partial charge in [-0.05, 0) is 62.8 Å². The number of nitrogens with one attached hydrogen (secondary N) is 2. The van der Waals surface area contributed by atoms with Crippen LogP contribution >= 0.6 is 24.0 Å². The highest BCUT2D eigenvalue weighted by atomic mass is 127. The van der Waals surface area contributed by atoms with Gasteiger partial charge in [-0.1, -0.05) is 13.8 Å². The molecule has 2 rings (SSSR count). The van der Waals surface area contributed by atoms with Crippen LogP contribution in [0, 0.1) is 23.1 Å². The maximum absolute atomic E-state index is 13.2. The topological polar surface area (TPSA) is 104 Å². The zero-order valence-corrected chi connectivity index (χ0v) is 20.8. The van der Waals surface area contributed by atoms with E-state index in [9.17, 15) is 9.65 Å². The van der Waals surface area contributed by atoms with Crippen molar-refractivity contribution in [3.8, 4) is 11.8 Å². The van der Waals surface area contributed by atoms with Crippen LogP contribution in [0.25, 0.3) is 5.69 Å². The number of nitrogen functional groups attached to an aromatic ring is 1. The maximum atomic E-state index is 13.2. The number of hydrogen-bond acceptors (Lipinski definition) is 4. The number of aromatic nitrogens is 2. The first-order valence-electron chi connectivity index (χ1n) is 10.5. The van der Waals surface area contributed by atoms with Crippen LogP contribution in [-0.4, -0.2) is 35.4 Å². The number of nitriles is 1. The minimum absolute atomic E-state index is 0. The van der Waals surface area contributed by atoms with Gasteiger partial charge in [0.05, 0.1) is 11.4 Å². The molecule has 2 aromatic rings. The number of halogens is 2. The summed E-state index contributed by atoms with van der Waals surface area (Å²) in [5.74, 6) is 1.43. The molecule has 1 aromatic heterocycles. The molecule has 0 fully saturated rings. The number of aryl methyl sites for hydroxylation is 1. The molecule has 0 amide bonds. The Morgan fingerprint density at radius 1 is 1.26 bits per heavy atom. The molecule has 0 aliphatic carbocycles. The van der Waals surface area contributed by atoms with Crippen LogP contribution in [0.3, 0.4) is 0 Å². The van der Waals surface area contributed by atoms with E-state index in [1.165, 1.54) is 23.2 Å². The lowest BCUT2D eigenvalue weighted by molar-refractivity contribution is 0.549. The van der Waals surface area contributed by atoms with Crippen LogP contribution in [-0.2, 0) is 6.42 Å². The lowest BCUT2D eigenvalue weighted by atomic mass is 10.1. The molecule has 0 aliphatic rings. The molecule has 0 saturated heterocycles. The standard InChI is InChI=1S/C22H32FN7.HI/c1-4-26-22(27-13-5-7-16(2)3)28-14-6-8-20-19(15-24)21(25)30(29-20)18-11-9-17(23)10-12-18;/h9-12,16H,4-8,13-14,25H2,1-3H3,(H2,26,27,28);1H. The summed E-state index contributed by atoms with van der Waals surface area (Å²) in [5, 5.41) is 20.6. The van der Waals surface area contributed by atoms with Crippen LogP contribution in [0.15, 0.2) is 29.3 Å². The Bertz CT molecular complexity index is 869. The zero-order chi connectivity index (χ0) is 21.9. The van der Waals surface area contributed by atoms with Crippen molar-refractivity contribution >= 4 is 35.8 Å². The Morgan fingerprint density at radius 3 is 2.58 bits per heavy atom. The summed E-state index contributed by atoms with van der Waals surface area (Å²) in [4.78, 5) is 4.60. The van der Waals surface area contributed by atoms with Crippen LogP contribution < -0.4 is 16.4 Å². The molecule has 4 N–H and O–H groups in total. The Balaban J connectivity index is 0.00000480. The molecule has 7 nitrogen and oxygen atoms in total. The summed E-state index contributed by atoms with van der Waals surface area (Å²) in [6, 6.07) is 7.99. The molecule has 170 valence electrons. The highest BCUT2D eigenvalue weighted by Gasteiger charge is 2.16. The molecule has 0 atom stereocenters. The van der Waals surface area contributed by atoms with E-state index < -0.39 is 0 Å². The van der Waals surface area contributed by atoms with Crippen molar-refractivity contribution in [3.05, 3.63) is 41.3 Å². The summed E-state index contributed by atoms with van der Waals surface area (Å²) in [6.45, 7) is 8.77. The van der Waals surface area contributed by atoms with Gasteiger partial charge in [0.15, 0.2) is 5.96 Å². The van der Waals surface area contributed by atoms with Gasteiger partial charge in [-0.15, -0.1) is 24.0 Å². The third-order valence-corrected chi connectivity index (χ3v) is 4.61. The van der Waals surface area contributed by atoms with E-state index in [1.807, 2.05) is 6.92 Å². The molecule has 0 radical (unpaired) electrons. The third kappa shape index (κ3) is 8.36. The highest BCUT2D eigenvalue weighted by Crippen LogP contribution is 2.21. The van der Waals surface area contributed by atoms with Gasteiger partial charge >= 0.3 is 0 Å². The monoisotopic (exact) mass is 541 g/mol. The molecule has 1 aromatic carbocycles. The number of aliphatic imine (C=N–C) groups is 1. The van der Waals surface area contributed by atoms with E-state index in [-0.39, 0.29) is 35.6 Å². The summed E-state index contributed by atoms with van der Waals surface area (Å²) in [6.07, 6.45) is 3.60. The van der Waals surface area contributed by atoms with Gasteiger partial charge in [-0.3, -0.25) is 4.99 Å². The van der Waals surface area contributed by atoms with Gasteiger partial charge in [0.2, 0.25) is 0 Å². The quantitative estimate of drug-likeness (QED) is 0.183. The second kappa shape index (κ2) is 13.9. The number of hydrogen-bond donors (Lipinski definition) is 3. The van der Waals surface area contributed by atoms with E-state index in [2.05, 4.69) is 40.6 Å². The molecule has 0 spiro atoms. The largest absolute Gasteiger partial charge is 0.382 e. The van der Waals surface area contributed by atoms with E-state index in [0.29, 0.717) is 35.8 Å². The van der Waals surface area contributed by atoms with Crippen molar-refractivity contribution in [3.63, 3.8) is 0 Å². The first-order valence-corrected chi connectivity index (χ1v) is 10.5. The fourth-order valence-electron chi connectivity index (χ4n) is 3.05. The smallest absolute Gasteiger partial charge is 0.191 e. The van der Waals surface area contributed by atoms with Crippen LogP contribution in [0.1, 0.15) is 51.3 Å². The summed E-state index contributed by atoms with van der Waals surface area (Å²) < 4.78 is 14.7. The molecule has 1 heterocycles. The average molecular weight is 541 g/mol. The zero-order valence-electron chi connectivity index (χ0n) is 18.5. The molecular formula is C22H33FIN7. The molecule has 0 unspecified atom stereocenters. The van der Waals surface area contributed by atoms with Crippen LogP contribution in [0.5, 0.6) is 0 Å². The first kappa shape index (κ1) is 26.7. The predicted molar refractivity (Wildman–Crippen MR) is 134 cm³/mol. The molecule has 0 aliphatic heterocycles. The van der Waals surface area contributed by atoms with Crippen molar-refractivity contribution in [1.82, 2.24) is 20.4 Å². The molecular weight excluding hydrogens is 508 g/mol. The second-order valence-corrected chi connectivity index (χ2v) is 7.53. The van der Waals surface area contributed by atoms with Gasteiger partial charge in [0, 0.05) is 19.6 Å². The Hall–Kier alpha value is -2.35. The summed E-state index contributed by atoms with van der Waals surface area (Å²) >= 11 is 0. The number of guanidine groups is 1. The summed E-state index contributed by atoms with van der Waals surface area (Å²) in [7, 11) is 0. The number of benzene rings is 1. The van der Waals surface area contributed by atoms with E-state index in [1.54, 1.807) is 12.1 Å². The van der Waals surface area contributed by atoms with Gasteiger partial charge < -0.3 is 16.4 Å². The van der Waals surface area contributed by atoms with E-state index in [4.69, 9.17) is 5.73 Å². The lowest BCUT2D eigenvalue weighted by Crippen LogP contribution is -2.38. The van der Waals surface area contributed by atoms with Crippen molar-refractivity contribution < 1.29 is 4.39 Å². The maximum Gasteiger partial charge on any atom is 0.191 e. The van der Waals surface area contributed by atoms with Crippen molar-refractivity contribution in [2.75, 3.05) is 25.4 Å². The van der Waals surface area contributed by atoms with Crippen LogP contribution in [0.2, 0.25) is 0 Å². The third-order valence-electron chi connectivity index (χ3n) is 4.61. The van der Waals surface area contributed by atoms with Crippen molar-refractivity contribution in [2.24, 2.45) is 10.9 Å². The minimum Gasteiger partial charge on any atom is -0.382 e. The number of nitrogens with two attached hydrogens (primary N) is 1. The first-order chi connectivity index (χ1) is 14.5. The van der Waals surface area contributed by atoms with Crippen molar-refractivity contribution in [1.29, 1.82) is 5.26 Å². The van der Waals surface area contributed by atoms with Gasteiger partial charge in [0.1, 0.15) is 23.3 Å². The lowest BCUT2D eigenvalue weighted by Gasteiger charge is -2.11. The van der Waals surface area contributed by atoms with E-state index in [0.717, 1.165) is 31.9 Å². The fraction of sp³-hybridized carbons (Fsp3) is 0.500. The number of rotatable bonds is 10. The molecule has 9 heteroatoms. The van der Waals surface area contributed by atoms with Crippen molar-refractivity contribution in [2.45, 2.75) is 46.5 Å². The van der Waals surface area contributed by atoms with Gasteiger partial charge in [-0.2, -0.15) is 10.4 Å². The Kier molecular flexibility index (Phi) is 11.9. The SMILES string of the molecule is CCNC(=NCCCc1nn(-c2ccc(F)cc2)c(N)c1C#N)NCCCC(C)C.I. The second-order valence-electron chi connectivity index (χ2n) is 7.53. The fourth-order valence-corrected chi connectivity index (χ4v) is 3.05. The minimum atomic E-state index is -0.336. The summed E-state index contributed by atoms with van der Waals surface area (Å²) in [5.41, 5.74) is 7.71. The molecule has 31 heavy (non-hydrogen) atoms. The van der Waals surface area contributed by atoms with Gasteiger partial charge in [-0.25, -0.2) is 9.07 Å².